The third-order valence-corrected chi connectivity index (χ3v) is 3.80. The lowest BCUT2D eigenvalue weighted by molar-refractivity contribution is -0.138. The Morgan fingerprint density at radius 2 is 1.91 bits per heavy atom. The lowest BCUT2D eigenvalue weighted by Gasteiger charge is -2.18. The molecule has 3 nitrogen and oxygen atoms in total. The summed E-state index contributed by atoms with van der Waals surface area (Å²) in [5.74, 6) is -0.608. The fourth-order valence-electron chi connectivity index (χ4n) is 2.65. The summed E-state index contributed by atoms with van der Waals surface area (Å²) in [5, 5.41) is 9.68. The van der Waals surface area contributed by atoms with Gasteiger partial charge in [0.05, 0.1) is 12.5 Å². The average Bonchev–Trinajstić information content (AvgIpc) is 2.49. The van der Waals surface area contributed by atoms with E-state index in [1.807, 2.05) is 63.2 Å². The minimum absolute atomic E-state index is 0.426. The lowest BCUT2D eigenvalue weighted by Crippen LogP contribution is -2.16. The predicted molar refractivity (Wildman–Crippen MR) is 87.6 cm³/mol. The zero-order valence-corrected chi connectivity index (χ0v) is 13.3. The first-order valence-electron chi connectivity index (χ1n) is 7.53. The zero-order chi connectivity index (χ0) is 16.1. The van der Waals surface area contributed by atoms with Crippen LogP contribution in [0.4, 0.5) is 0 Å². The molecule has 0 aliphatic rings. The van der Waals surface area contributed by atoms with Crippen LogP contribution in [0.2, 0.25) is 0 Å². The summed E-state index contributed by atoms with van der Waals surface area (Å²) in [6.45, 7) is 6.43. The number of aliphatic carboxylic acids is 1. The van der Waals surface area contributed by atoms with Gasteiger partial charge in [-0.25, -0.2) is 0 Å². The fourth-order valence-corrected chi connectivity index (χ4v) is 2.65. The quantitative estimate of drug-likeness (QED) is 0.873. The van der Waals surface area contributed by atoms with Gasteiger partial charge in [0.2, 0.25) is 0 Å². The van der Waals surface area contributed by atoms with E-state index in [0.29, 0.717) is 13.0 Å². The SMILES string of the molecule is CCOc1ccccc1CC(C(=O)O)c1cc(C)ccc1C. The van der Waals surface area contributed by atoms with E-state index in [9.17, 15) is 9.90 Å². The van der Waals surface area contributed by atoms with Crippen molar-refractivity contribution in [2.75, 3.05) is 6.61 Å². The van der Waals surface area contributed by atoms with E-state index in [1.165, 1.54) is 0 Å². The topological polar surface area (TPSA) is 46.5 Å². The lowest BCUT2D eigenvalue weighted by atomic mass is 9.88. The number of carboxylic acids is 1. The van der Waals surface area contributed by atoms with Crippen molar-refractivity contribution in [2.24, 2.45) is 0 Å². The number of hydrogen-bond acceptors (Lipinski definition) is 2. The molecule has 1 atom stereocenters. The van der Waals surface area contributed by atoms with Crippen LogP contribution in [0.25, 0.3) is 0 Å². The Labute approximate surface area is 131 Å². The molecule has 0 aromatic heterocycles. The number of aryl methyl sites for hydroxylation is 2. The number of para-hydroxylation sites is 1. The summed E-state index contributed by atoms with van der Waals surface area (Å²) >= 11 is 0. The molecule has 3 heteroatoms. The summed E-state index contributed by atoms with van der Waals surface area (Å²) in [6.07, 6.45) is 0.426. The minimum Gasteiger partial charge on any atom is -0.494 e. The predicted octanol–water partition coefficient (Wildman–Crippen LogP) is 4.11. The number of rotatable bonds is 6. The number of benzene rings is 2. The van der Waals surface area contributed by atoms with Crippen molar-refractivity contribution in [1.82, 2.24) is 0 Å². The third kappa shape index (κ3) is 3.67. The minimum atomic E-state index is -0.806. The molecular formula is C19H22O3. The van der Waals surface area contributed by atoms with E-state index >= 15 is 0 Å². The Hall–Kier alpha value is -2.29. The van der Waals surface area contributed by atoms with E-state index in [0.717, 1.165) is 28.0 Å². The Balaban J connectivity index is 2.38. The first-order chi connectivity index (χ1) is 10.5. The van der Waals surface area contributed by atoms with Crippen LogP contribution in [0, 0.1) is 13.8 Å². The summed E-state index contributed by atoms with van der Waals surface area (Å²) in [5.41, 5.74) is 3.88. The van der Waals surface area contributed by atoms with Crippen LogP contribution in [-0.2, 0) is 11.2 Å². The van der Waals surface area contributed by atoms with Crippen LogP contribution < -0.4 is 4.74 Å². The van der Waals surface area contributed by atoms with Crippen molar-refractivity contribution in [1.29, 1.82) is 0 Å². The molecule has 22 heavy (non-hydrogen) atoms. The maximum Gasteiger partial charge on any atom is 0.311 e. The van der Waals surface area contributed by atoms with E-state index in [-0.39, 0.29) is 0 Å². The van der Waals surface area contributed by atoms with Crippen molar-refractivity contribution in [3.63, 3.8) is 0 Å². The maximum absolute atomic E-state index is 11.8. The highest BCUT2D eigenvalue weighted by molar-refractivity contribution is 5.77. The van der Waals surface area contributed by atoms with Crippen LogP contribution in [-0.4, -0.2) is 17.7 Å². The van der Waals surface area contributed by atoms with Gasteiger partial charge in [-0.2, -0.15) is 0 Å². The van der Waals surface area contributed by atoms with Crippen molar-refractivity contribution >= 4 is 5.97 Å². The van der Waals surface area contributed by atoms with Gasteiger partial charge < -0.3 is 9.84 Å². The molecule has 0 saturated heterocycles. The number of ether oxygens (including phenoxy) is 1. The summed E-state index contributed by atoms with van der Waals surface area (Å²) in [6, 6.07) is 13.6. The molecule has 2 rings (SSSR count). The van der Waals surface area contributed by atoms with Gasteiger partial charge in [0.15, 0.2) is 0 Å². The third-order valence-electron chi connectivity index (χ3n) is 3.80. The molecule has 1 N–H and O–H groups in total. The molecule has 0 spiro atoms. The first kappa shape index (κ1) is 16.1. The number of carboxylic acid groups (broad SMARTS) is 1. The molecule has 0 aliphatic carbocycles. The molecular weight excluding hydrogens is 276 g/mol. The first-order valence-corrected chi connectivity index (χ1v) is 7.53. The molecule has 2 aromatic rings. The molecule has 0 bridgehead atoms. The van der Waals surface area contributed by atoms with Crippen LogP contribution in [0.3, 0.4) is 0 Å². The van der Waals surface area contributed by atoms with E-state index in [1.54, 1.807) is 0 Å². The van der Waals surface area contributed by atoms with E-state index < -0.39 is 11.9 Å². The van der Waals surface area contributed by atoms with Crippen molar-refractivity contribution < 1.29 is 14.6 Å². The smallest absolute Gasteiger partial charge is 0.311 e. The van der Waals surface area contributed by atoms with Crippen molar-refractivity contribution in [3.05, 3.63) is 64.7 Å². The van der Waals surface area contributed by atoms with Gasteiger partial charge in [-0.1, -0.05) is 42.0 Å². The summed E-state index contributed by atoms with van der Waals surface area (Å²) < 4.78 is 5.61. The zero-order valence-electron chi connectivity index (χ0n) is 13.3. The Morgan fingerprint density at radius 3 is 2.59 bits per heavy atom. The second-order valence-electron chi connectivity index (χ2n) is 5.50. The Bertz CT molecular complexity index is 661. The van der Waals surface area contributed by atoms with Gasteiger partial charge >= 0.3 is 5.97 Å². The van der Waals surface area contributed by atoms with E-state index in [4.69, 9.17) is 4.74 Å². The van der Waals surface area contributed by atoms with Gasteiger partial charge in [-0.15, -0.1) is 0 Å². The molecule has 116 valence electrons. The normalized spacial score (nSPS) is 12.0. The second-order valence-corrected chi connectivity index (χ2v) is 5.50. The fraction of sp³-hybridized carbons (Fsp3) is 0.316. The molecule has 1 unspecified atom stereocenters. The van der Waals surface area contributed by atoms with Crippen molar-refractivity contribution in [3.8, 4) is 5.75 Å². The number of hydrogen-bond donors (Lipinski definition) is 1. The number of carbonyl (C=O) groups is 1. The molecule has 0 saturated carbocycles. The highest BCUT2D eigenvalue weighted by Gasteiger charge is 2.23. The standard InChI is InChI=1S/C19H22O3/c1-4-22-18-8-6-5-7-15(18)12-17(19(20)21)16-11-13(2)9-10-14(16)3/h5-11,17H,4,12H2,1-3H3,(H,20,21). The second kappa shape index (κ2) is 7.12. The maximum atomic E-state index is 11.8. The molecule has 0 aliphatic heterocycles. The van der Waals surface area contributed by atoms with Crippen LogP contribution in [0.1, 0.15) is 35.1 Å². The van der Waals surface area contributed by atoms with Gasteiger partial charge in [0, 0.05) is 0 Å². The Kier molecular flexibility index (Phi) is 5.21. The largest absolute Gasteiger partial charge is 0.494 e. The van der Waals surface area contributed by atoms with Crippen LogP contribution >= 0.6 is 0 Å². The highest BCUT2D eigenvalue weighted by Crippen LogP contribution is 2.29. The molecule has 0 amide bonds. The molecule has 0 radical (unpaired) electrons. The van der Waals surface area contributed by atoms with Gasteiger partial charge in [0.1, 0.15) is 5.75 Å². The molecule has 0 fully saturated rings. The molecule has 0 heterocycles. The summed E-state index contributed by atoms with van der Waals surface area (Å²) in [4.78, 5) is 11.8. The molecule has 2 aromatic carbocycles. The van der Waals surface area contributed by atoms with Gasteiger partial charge in [-0.3, -0.25) is 4.79 Å². The van der Waals surface area contributed by atoms with Crippen LogP contribution in [0.15, 0.2) is 42.5 Å². The Morgan fingerprint density at radius 1 is 1.18 bits per heavy atom. The monoisotopic (exact) mass is 298 g/mol. The van der Waals surface area contributed by atoms with E-state index in [2.05, 4.69) is 0 Å². The van der Waals surface area contributed by atoms with Gasteiger partial charge in [0.25, 0.3) is 0 Å². The van der Waals surface area contributed by atoms with Crippen molar-refractivity contribution in [2.45, 2.75) is 33.1 Å². The van der Waals surface area contributed by atoms with Crippen LogP contribution in [0.5, 0.6) is 5.75 Å². The van der Waals surface area contributed by atoms with Gasteiger partial charge in [-0.05, 0) is 49.9 Å². The average molecular weight is 298 g/mol. The highest BCUT2D eigenvalue weighted by atomic mass is 16.5. The summed E-state index contributed by atoms with van der Waals surface area (Å²) in [7, 11) is 0.